The number of rotatable bonds is 2. The number of hydrogen-bond acceptors (Lipinski definition) is 1. The average Bonchev–Trinajstić information content (AvgIpc) is 3.05. The summed E-state index contributed by atoms with van der Waals surface area (Å²) in [6.45, 7) is 13.1. The number of allylic oxidation sites excluding steroid dienone is 4. The Kier molecular flexibility index (Phi) is 11.4. The van der Waals surface area contributed by atoms with Gasteiger partial charge in [-0.1, -0.05) is 58.9 Å². The fraction of sp³-hybridized carbons (Fsp3) is 0.458. The first-order chi connectivity index (χ1) is 11.8. The molecule has 3 rings (SSSR count). The Labute approximate surface area is 180 Å². The smallest absolute Gasteiger partial charge is 0.323 e. The molecule has 1 N–H and O–H groups in total. The van der Waals surface area contributed by atoms with Crippen LogP contribution in [-0.2, 0) is 32.6 Å². The van der Waals surface area contributed by atoms with Gasteiger partial charge in [0.15, 0.2) is 0 Å². The maximum Gasteiger partial charge on any atom is 2.00 e. The molecule has 0 bridgehead atoms. The van der Waals surface area contributed by atoms with Crippen molar-refractivity contribution in [3.05, 3.63) is 64.8 Å². The molecular formula is C24H35NZr. The standard InChI is InChI=1S/C12H13.C10H15.C2H7N.Zr/c1-2-5-10-8-9-11-6-3-4-7-12(10)11;1-7-6-10(4,5)9(3)8(7)2;1-3-2;/h3-4,6-9H,2,5H2,1H3;1-5H3;3H,1-2H3;/q2*-1;;+2. The zero-order valence-electron chi connectivity index (χ0n) is 17.9. The van der Waals surface area contributed by atoms with Crippen molar-refractivity contribution < 1.29 is 26.2 Å². The van der Waals surface area contributed by atoms with E-state index in [0.717, 1.165) is 0 Å². The maximum absolute atomic E-state index is 3.44. The molecule has 0 fully saturated rings. The predicted octanol–water partition coefficient (Wildman–Crippen LogP) is 6.46. The molecule has 2 heteroatoms. The monoisotopic (exact) mass is 427 g/mol. The Morgan fingerprint density at radius 3 is 2.04 bits per heavy atom. The third-order valence-electron chi connectivity index (χ3n) is 4.85. The van der Waals surface area contributed by atoms with Crippen molar-refractivity contribution in [2.75, 3.05) is 14.1 Å². The van der Waals surface area contributed by atoms with Gasteiger partial charge in [0.1, 0.15) is 0 Å². The van der Waals surface area contributed by atoms with Gasteiger partial charge in [0.2, 0.25) is 0 Å². The number of aryl methyl sites for hydroxylation is 1. The molecule has 0 aliphatic heterocycles. The van der Waals surface area contributed by atoms with Crippen LogP contribution in [0.1, 0.15) is 53.5 Å². The molecule has 2 aromatic rings. The summed E-state index contributed by atoms with van der Waals surface area (Å²) in [6.07, 6.45) is 5.87. The van der Waals surface area contributed by atoms with E-state index >= 15 is 0 Å². The van der Waals surface area contributed by atoms with Gasteiger partial charge in [-0.05, 0) is 14.1 Å². The van der Waals surface area contributed by atoms with E-state index in [9.17, 15) is 0 Å². The zero-order chi connectivity index (χ0) is 19.0. The molecule has 0 spiro atoms. The van der Waals surface area contributed by atoms with E-state index in [1.165, 1.54) is 45.9 Å². The van der Waals surface area contributed by atoms with Crippen LogP contribution in [0.3, 0.4) is 0 Å². The number of benzene rings is 1. The van der Waals surface area contributed by atoms with E-state index in [0.29, 0.717) is 0 Å². The molecule has 26 heavy (non-hydrogen) atoms. The molecule has 0 amide bonds. The van der Waals surface area contributed by atoms with Crippen LogP contribution < -0.4 is 5.32 Å². The molecule has 0 unspecified atom stereocenters. The Morgan fingerprint density at radius 2 is 1.62 bits per heavy atom. The van der Waals surface area contributed by atoms with Gasteiger partial charge in [-0.15, -0.1) is 47.5 Å². The summed E-state index contributed by atoms with van der Waals surface area (Å²) in [5.74, 6) is 0. The van der Waals surface area contributed by atoms with Crippen molar-refractivity contribution in [3.8, 4) is 0 Å². The van der Waals surface area contributed by atoms with Crippen LogP contribution in [0.5, 0.6) is 0 Å². The summed E-state index contributed by atoms with van der Waals surface area (Å²) in [7, 11) is 3.75. The number of fused-ring (bicyclic) bond motifs is 1. The Balaban J connectivity index is 0.000000410. The van der Waals surface area contributed by atoms with Crippen molar-refractivity contribution >= 4 is 10.8 Å². The first-order valence-corrected chi connectivity index (χ1v) is 9.30. The van der Waals surface area contributed by atoms with E-state index in [2.05, 4.69) is 89.3 Å². The van der Waals surface area contributed by atoms with Crippen LogP contribution in [0.2, 0.25) is 0 Å². The van der Waals surface area contributed by atoms with E-state index in [4.69, 9.17) is 0 Å². The zero-order valence-corrected chi connectivity index (χ0v) is 20.3. The van der Waals surface area contributed by atoms with E-state index in [1.807, 2.05) is 14.1 Å². The van der Waals surface area contributed by atoms with Gasteiger partial charge >= 0.3 is 26.2 Å². The van der Waals surface area contributed by atoms with Crippen molar-refractivity contribution in [1.29, 1.82) is 0 Å². The van der Waals surface area contributed by atoms with Gasteiger partial charge in [0.05, 0.1) is 0 Å². The SMILES string of the molecule is CC1=[C-]C(C)(C)C(C)=C1C.CCC[c-]1ccc2ccccc21.CNC.[Zr+2]. The van der Waals surface area contributed by atoms with Gasteiger partial charge in [0.25, 0.3) is 0 Å². The molecular weight excluding hydrogens is 393 g/mol. The minimum atomic E-state index is 0. The molecule has 0 heterocycles. The first-order valence-electron chi connectivity index (χ1n) is 9.30. The molecule has 0 saturated carbocycles. The van der Waals surface area contributed by atoms with Crippen molar-refractivity contribution in [3.63, 3.8) is 0 Å². The van der Waals surface area contributed by atoms with Gasteiger partial charge < -0.3 is 5.32 Å². The Morgan fingerprint density at radius 1 is 1.04 bits per heavy atom. The molecule has 0 atom stereocenters. The summed E-state index contributed by atoms with van der Waals surface area (Å²) < 4.78 is 0. The molecule has 0 saturated heterocycles. The van der Waals surface area contributed by atoms with Gasteiger partial charge in [-0.3, -0.25) is 6.08 Å². The third-order valence-corrected chi connectivity index (χ3v) is 4.85. The molecule has 2 aromatic carbocycles. The van der Waals surface area contributed by atoms with Crippen LogP contribution >= 0.6 is 0 Å². The molecule has 1 nitrogen and oxygen atoms in total. The second-order valence-corrected chi connectivity index (χ2v) is 7.32. The number of hydrogen-bond donors (Lipinski definition) is 1. The van der Waals surface area contributed by atoms with Crippen LogP contribution in [0.4, 0.5) is 0 Å². The molecule has 140 valence electrons. The van der Waals surface area contributed by atoms with E-state index in [1.54, 1.807) is 0 Å². The summed E-state index contributed by atoms with van der Waals surface area (Å²) in [5.41, 5.74) is 5.89. The molecule has 1 aliphatic carbocycles. The normalized spacial score (nSPS) is 14.7. The average molecular weight is 429 g/mol. The Hall–Kier alpha value is -0.847. The van der Waals surface area contributed by atoms with Crippen LogP contribution in [0.25, 0.3) is 10.8 Å². The topological polar surface area (TPSA) is 12.0 Å². The quantitative estimate of drug-likeness (QED) is 0.541. The first kappa shape index (κ1) is 25.2. The van der Waals surface area contributed by atoms with Crippen molar-refractivity contribution in [1.82, 2.24) is 5.32 Å². The summed E-state index contributed by atoms with van der Waals surface area (Å²) in [4.78, 5) is 0. The molecule has 1 aliphatic rings. The number of nitrogens with one attached hydrogen (secondary N) is 1. The van der Waals surface area contributed by atoms with Crippen LogP contribution in [0.15, 0.2) is 53.1 Å². The molecule has 0 radical (unpaired) electrons. The van der Waals surface area contributed by atoms with Gasteiger partial charge in [-0.25, -0.2) is 5.57 Å². The minimum absolute atomic E-state index is 0. The van der Waals surface area contributed by atoms with E-state index < -0.39 is 0 Å². The van der Waals surface area contributed by atoms with Crippen LogP contribution in [0, 0.1) is 11.5 Å². The van der Waals surface area contributed by atoms with Crippen molar-refractivity contribution in [2.45, 2.75) is 54.4 Å². The summed E-state index contributed by atoms with van der Waals surface area (Å²) in [6, 6.07) is 13.0. The van der Waals surface area contributed by atoms with E-state index in [-0.39, 0.29) is 31.6 Å². The van der Waals surface area contributed by atoms with Crippen molar-refractivity contribution in [2.24, 2.45) is 5.41 Å². The summed E-state index contributed by atoms with van der Waals surface area (Å²) >= 11 is 0. The maximum atomic E-state index is 3.44. The minimum Gasteiger partial charge on any atom is -0.323 e. The largest absolute Gasteiger partial charge is 2.00 e. The van der Waals surface area contributed by atoms with Gasteiger partial charge in [-0.2, -0.15) is 17.2 Å². The molecule has 0 aromatic heterocycles. The fourth-order valence-electron chi connectivity index (χ4n) is 3.11. The second kappa shape index (κ2) is 11.8. The fourth-order valence-corrected chi connectivity index (χ4v) is 3.11. The third kappa shape index (κ3) is 6.71. The van der Waals surface area contributed by atoms with Crippen LogP contribution in [-0.4, -0.2) is 14.1 Å². The van der Waals surface area contributed by atoms with Gasteiger partial charge in [0, 0.05) is 0 Å². The predicted molar refractivity (Wildman–Crippen MR) is 113 cm³/mol. The summed E-state index contributed by atoms with van der Waals surface area (Å²) in [5, 5.41) is 5.56. The second-order valence-electron chi connectivity index (χ2n) is 7.32. The Bertz CT molecular complexity index is 732.